The summed E-state index contributed by atoms with van der Waals surface area (Å²) in [4.78, 5) is 17.6. The van der Waals surface area contributed by atoms with Crippen LogP contribution in [0.3, 0.4) is 0 Å². The highest BCUT2D eigenvalue weighted by molar-refractivity contribution is 5.79. The monoisotopic (exact) mass is 415 g/mol. The van der Waals surface area contributed by atoms with Crippen molar-refractivity contribution < 1.29 is 14.3 Å². The van der Waals surface area contributed by atoms with Crippen molar-refractivity contribution in [2.24, 2.45) is 7.05 Å². The highest BCUT2D eigenvalue weighted by atomic mass is 16.5. The van der Waals surface area contributed by atoms with Gasteiger partial charge in [-0.2, -0.15) is 0 Å². The molecule has 31 heavy (non-hydrogen) atoms. The Morgan fingerprint density at radius 1 is 0.935 bits per heavy atom. The average molecular weight is 415 g/mol. The van der Waals surface area contributed by atoms with E-state index in [0.717, 1.165) is 22.4 Å². The molecule has 1 heterocycles. The number of imidazole rings is 1. The summed E-state index contributed by atoms with van der Waals surface area (Å²) in [6.45, 7) is 2.30. The molecule has 4 aromatic rings. The molecule has 0 aliphatic carbocycles. The van der Waals surface area contributed by atoms with Gasteiger partial charge in [0.2, 0.25) is 0 Å². The first kappa shape index (κ1) is 20.5. The van der Waals surface area contributed by atoms with E-state index < -0.39 is 6.04 Å². The second kappa shape index (κ2) is 9.34. The molecule has 0 saturated heterocycles. The number of hydrogen-bond acceptors (Lipinski definition) is 4. The van der Waals surface area contributed by atoms with Gasteiger partial charge in [-0.25, -0.2) is 4.98 Å². The van der Waals surface area contributed by atoms with Gasteiger partial charge in [-0.1, -0.05) is 54.6 Å². The first-order valence-electron chi connectivity index (χ1n) is 10.3. The molecule has 0 aliphatic heterocycles. The Bertz CT molecular complexity index is 1170. The summed E-state index contributed by atoms with van der Waals surface area (Å²) in [5.41, 5.74) is 2.84. The van der Waals surface area contributed by atoms with E-state index in [4.69, 9.17) is 14.5 Å². The van der Waals surface area contributed by atoms with Crippen LogP contribution in [-0.2, 0) is 11.8 Å². The number of benzene rings is 3. The molecule has 1 N–H and O–H groups in total. The number of nitrogens with zero attached hydrogens (tertiary/aromatic N) is 2. The Balaban J connectivity index is 1.57. The van der Waals surface area contributed by atoms with Crippen LogP contribution in [-0.4, -0.2) is 28.7 Å². The topological polar surface area (TPSA) is 65.4 Å². The van der Waals surface area contributed by atoms with Crippen molar-refractivity contribution in [2.75, 3.05) is 13.2 Å². The van der Waals surface area contributed by atoms with Crippen LogP contribution in [0.5, 0.6) is 11.5 Å². The van der Waals surface area contributed by atoms with E-state index in [0.29, 0.717) is 18.1 Å². The maximum atomic E-state index is 12.9. The van der Waals surface area contributed by atoms with Crippen molar-refractivity contribution in [1.29, 1.82) is 0 Å². The van der Waals surface area contributed by atoms with E-state index in [1.807, 2.05) is 91.3 Å². The van der Waals surface area contributed by atoms with Crippen LogP contribution in [0.1, 0.15) is 24.4 Å². The van der Waals surface area contributed by atoms with E-state index in [9.17, 15) is 4.79 Å². The van der Waals surface area contributed by atoms with E-state index in [1.165, 1.54) is 0 Å². The van der Waals surface area contributed by atoms with Crippen LogP contribution >= 0.6 is 0 Å². The summed E-state index contributed by atoms with van der Waals surface area (Å²) in [6.07, 6.45) is 0. The number of aromatic nitrogens is 2. The normalized spacial score (nSPS) is 11.8. The van der Waals surface area contributed by atoms with Crippen LogP contribution in [0.4, 0.5) is 0 Å². The molecule has 1 amide bonds. The first-order chi connectivity index (χ1) is 15.2. The number of ether oxygens (including phenoxy) is 2. The number of aryl methyl sites for hydroxylation is 1. The summed E-state index contributed by atoms with van der Waals surface area (Å²) in [6, 6.07) is 24.7. The van der Waals surface area contributed by atoms with Crippen molar-refractivity contribution in [2.45, 2.75) is 13.0 Å². The zero-order valence-corrected chi connectivity index (χ0v) is 17.6. The lowest BCUT2D eigenvalue weighted by Crippen LogP contribution is -2.34. The molecular weight excluding hydrogens is 390 g/mol. The van der Waals surface area contributed by atoms with Gasteiger partial charge in [0.05, 0.1) is 17.6 Å². The van der Waals surface area contributed by atoms with E-state index in [1.54, 1.807) is 6.07 Å². The molecule has 1 atom stereocenters. The molecule has 0 saturated carbocycles. The number of fused-ring (bicyclic) bond motifs is 1. The quantitative estimate of drug-likeness (QED) is 0.467. The molecule has 1 unspecified atom stereocenters. The van der Waals surface area contributed by atoms with E-state index >= 15 is 0 Å². The standard InChI is InChI=1S/C25H25N3O3/c1-3-30-21-15-9-10-16-22(21)31-17-23(29)27-24(18-11-5-4-6-12-18)25-26-19-13-7-8-14-20(19)28(25)2/h4-16,24H,3,17H2,1-2H3,(H,27,29). The lowest BCUT2D eigenvalue weighted by atomic mass is 10.1. The SMILES string of the molecule is CCOc1ccccc1OCC(=O)NC(c1ccccc1)c1nc2ccccc2n1C. The van der Waals surface area contributed by atoms with Gasteiger partial charge in [0.15, 0.2) is 18.1 Å². The van der Waals surface area contributed by atoms with Crippen molar-refractivity contribution in [3.63, 3.8) is 0 Å². The Labute approximate surface area is 181 Å². The molecule has 6 nitrogen and oxygen atoms in total. The van der Waals surface area contributed by atoms with Crippen molar-refractivity contribution >= 4 is 16.9 Å². The maximum Gasteiger partial charge on any atom is 0.258 e. The molecule has 0 bridgehead atoms. The molecule has 3 aromatic carbocycles. The summed E-state index contributed by atoms with van der Waals surface area (Å²) in [5.74, 6) is 1.67. The van der Waals surface area contributed by atoms with Crippen LogP contribution in [0.2, 0.25) is 0 Å². The van der Waals surface area contributed by atoms with Crippen molar-refractivity contribution in [3.05, 3.63) is 90.3 Å². The van der Waals surface area contributed by atoms with Crippen LogP contribution in [0.25, 0.3) is 11.0 Å². The number of carbonyl (C=O) groups is 1. The van der Waals surface area contributed by atoms with Gasteiger partial charge in [0, 0.05) is 7.05 Å². The maximum absolute atomic E-state index is 12.9. The number of carbonyl (C=O) groups excluding carboxylic acids is 1. The number of hydrogen-bond donors (Lipinski definition) is 1. The van der Waals surface area contributed by atoms with Gasteiger partial charge in [-0.3, -0.25) is 4.79 Å². The highest BCUT2D eigenvalue weighted by Crippen LogP contribution is 2.27. The molecular formula is C25H25N3O3. The number of para-hydroxylation sites is 4. The Kier molecular flexibility index (Phi) is 6.17. The molecule has 4 rings (SSSR count). The Hall–Kier alpha value is -3.80. The fourth-order valence-corrected chi connectivity index (χ4v) is 3.55. The Morgan fingerprint density at radius 3 is 2.29 bits per heavy atom. The molecule has 158 valence electrons. The van der Waals surface area contributed by atoms with Crippen LogP contribution in [0.15, 0.2) is 78.9 Å². The predicted molar refractivity (Wildman–Crippen MR) is 120 cm³/mol. The summed E-state index contributed by atoms with van der Waals surface area (Å²) in [7, 11) is 1.96. The van der Waals surface area contributed by atoms with Gasteiger partial charge in [0.1, 0.15) is 11.9 Å². The zero-order valence-electron chi connectivity index (χ0n) is 17.6. The van der Waals surface area contributed by atoms with Gasteiger partial charge >= 0.3 is 0 Å². The minimum absolute atomic E-state index is 0.128. The second-order valence-corrected chi connectivity index (χ2v) is 7.10. The first-order valence-corrected chi connectivity index (χ1v) is 10.3. The third-order valence-corrected chi connectivity index (χ3v) is 5.03. The van der Waals surface area contributed by atoms with Crippen LogP contribution in [0, 0.1) is 0 Å². The summed E-state index contributed by atoms with van der Waals surface area (Å²) in [5, 5.41) is 3.09. The summed E-state index contributed by atoms with van der Waals surface area (Å²) >= 11 is 0. The molecule has 0 aliphatic rings. The van der Waals surface area contributed by atoms with Gasteiger partial charge < -0.3 is 19.4 Å². The summed E-state index contributed by atoms with van der Waals surface area (Å²) < 4.78 is 13.3. The lowest BCUT2D eigenvalue weighted by Gasteiger charge is -2.19. The smallest absolute Gasteiger partial charge is 0.258 e. The lowest BCUT2D eigenvalue weighted by molar-refractivity contribution is -0.123. The predicted octanol–water partition coefficient (Wildman–Crippen LogP) is 4.26. The molecule has 0 radical (unpaired) electrons. The number of nitrogens with one attached hydrogen (secondary N) is 1. The molecule has 0 spiro atoms. The number of rotatable bonds is 8. The molecule has 0 fully saturated rings. The highest BCUT2D eigenvalue weighted by Gasteiger charge is 2.23. The zero-order chi connectivity index (χ0) is 21.6. The Morgan fingerprint density at radius 2 is 1.58 bits per heavy atom. The average Bonchev–Trinajstić information content (AvgIpc) is 3.14. The third kappa shape index (κ3) is 4.53. The largest absolute Gasteiger partial charge is 0.490 e. The number of amides is 1. The van der Waals surface area contributed by atoms with Crippen molar-refractivity contribution in [3.8, 4) is 11.5 Å². The van der Waals surface area contributed by atoms with Gasteiger partial charge in [-0.05, 0) is 36.8 Å². The fraction of sp³-hybridized carbons (Fsp3) is 0.200. The van der Waals surface area contributed by atoms with E-state index in [2.05, 4.69) is 5.32 Å². The molecule has 1 aromatic heterocycles. The van der Waals surface area contributed by atoms with E-state index in [-0.39, 0.29) is 12.5 Å². The van der Waals surface area contributed by atoms with Gasteiger partial charge in [0.25, 0.3) is 5.91 Å². The minimum Gasteiger partial charge on any atom is -0.490 e. The third-order valence-electron chi connectivity index (χ3n) is 5.03. The second-order valence-electron chi connectivity index (χ2n) is 7.10. The fourth-order valence-electron chi connectivity index (χ4n) is 3.55. The molecule has 6 heteroatoms. The van der Waals surface area contributed by atoms with Crippen molar-refractivity contribution in [1.82, 2.24) is 14.9 Å². The van der Waals surface area contributed by atoms with Gasteiger partial charge in [-0.15, -0.1) is 0 Å². The van der Waals surface area contributed by atoms with Crippen LogP contribution < -0.4 is 14.8 Å². The minimum atomic E-state index is -0.406.